The summed E-state index contributed by atoms with van der Waals surface area (Å²) in [5.41, 5.74) is 4.82. The third-order valence-corrected chi connectivity index (χ3v) is 3.93. The van der Waals surface area contributed by atoms with E-state index < -0.39 is 0 Å². The number of unbranched alkanes of at least 4 members (excludes halogenated alkanes) is 1. The molecule has 4 heteroatoms. The Morgan fingerprint density at radius 2 is 2.04 bits per heavy atom. The molecule has 1 aromatic heterocycles. The van der Waals surface area contributed by atoms with Gasteiger partial charge in [-0.2, -0.15) is 0 Å². The largest absolute Gasteiger partial charge is 0.338 e. The molecule has 0 aliphatic heterocycles. The number of nitrogens with one attached hydrogen (secondary N) is 2. The van der Waals surface area contributed by atoms with E-state index in [4.69, 9.17) is 0 Å². The van der Waals surface area contributed by atoms with Crippen molar-refractivity contribution in [3.63, 3.8) is 0 Å². The number of benzene rings is 2. The van der Waals surface area contributed by atoms with Gasteiger partial charge < -0.3 is 10.3 Å². The number of para-hydroxylation sites is 2. The Bertz CT molecular complexity index is 803. The SMILES string of the molecule is CCCCC(=O)Nc1cc(-c2nc3ccccc3[nH]2)ccc1C. The fourth-order valence-electron chi connectivity index (χ4n) is 2.54. The maximum Gasteiger partial charge on any atom is 0.224 e. The number of fused-ring (bicyclic) bond motifs is 1. The van der Waals surface area contributed by atoms with Gasteiger partial charge in [-0.15, -0.1) is 0 Å². The minimum Gasteiger partial charge on any atom is -0.338 e. The molecule has 1 amide bonds. The third kappa shape index (κ3) is 3.42. The van der Waals surface area contributed by atoms with Crippen molar-refractivity contribution in [2.45, 2.75) is 33.1 Å². The molecule has 0 atom stereocenters. The topological polar surface area (TPSA) is 57.8 Å². The number of imidazole rings is 1. The number of hydrogen-bond donors (Lipinski definition) is 2. The van der Waals surface area contributed by atoms with Crippen LogP contribution in [0.2, 0.25) is 0 Å². The summed E-state index contributed by atoms with van der Waals surface area (Å²) < 4.78 is 0. The van der Waals surface area contributed by atoms with Crippen LogP contribution in [0.3, 0.4) is 0 Å². The first-order chi connectivity index (χ1) is 11.2. The number of aromatic nitrogens is 2. The molecule has 23 heavy (non-hydrogen) atoms. The molecule has 0 bridgehead atoms. The average molecular weight is 307 g/mol. The fraction of sp³-hybridized carbons (Fsp3) is 0.263. The molecule has 0 saturated heterocycles. The first-order valence-electron chi connectivity index (χ1n) is 8.03. The lowest BCUT2D eigenvalue weighted by Gasteiger charge is -2.09. The fourth-order valence-corrected chi connectivity index (χ4v) is 2.54. The van der Waals surface area contributed by atoms with Gasteiger partial charge in [0.05, 0.1) is 11.0 Å². The van der Waals surface area contributed by atoms with E-state index in [0.717, 1.165) is 46.5 Å². The van der Waals surface area contributed by atoms with E-state index >= 15 is 0 Å². The summed E-state index contributed by atoms with van der Waals surface area (Å²) >= 11 is 0. The van der Waals surface area contributed by atoms with E-state index in [1.165, 1.54) is 0 Å². The lowest BCUT2D eigenvalue weighted by molar-refractivity contribution is -0.116. The molecule has 3 aromatic rings. The van der Waals surface area contributed by atoms with Crippen molar-refractivity contribution in [1.29, 1.82) is 0 Å². The Kier molecular flexibility index (Phi) is 4.42. The van der Waals surface area contributed by atoms with Crippen molar-refractivity contribution in [3.8, 4) is 11.4 Å². The van der Waals surface area contributed by atoms with E-state index in [1.807, 2.05) is 49.4 Å². The first-order valence-corrected chi connectivity index (χ1v) is 8.03. The van der Waals surface area contributed by atoms with Crippen LogP contribution in [0.15, 0.2) is 42.5 Å². The Morgan fingerprint density at radius 1 is 1.22 bits per heavy atom. The lowest BCUT2D eigenvalue weighted by Crippen LogP contribution is -2.12. The molecule has 2 aromatic carbocycles. The Labute approximate surface area is 136 Å². The van der Waals surface area contributed by atoms with Crippen LogP contribution >= 0.6 is 0 Å². The van der Waals surface area contributed by atoms with E-state index in [9.17, 15) is 4.79 Å². The average Bonchev–Trinajstić information content (AvgIpc) is 2.99. The number of hydrogen-bond acceptors (Lipinski definition) is 2. The van der Waals surface area contributed by atoms with Crippen molar-refractivity contribution in [3.05, 3.63) is 48.0 Å². The Balaban J connectivity index is 1.88. The molecule has 0 spiro atoms. The van der Waals surface area contributed by atoms with Crippen molar-refractivity contribution in [2.24, 2.45) is 0 Å². The molecule has 0 saturated carbocycles. The molecule has 2 N–H and O–H groups in total. The van der Waals surface area contributed by atoms with Crippen LogP contribution < -0.4 is 5.32 Å². The first kappa shape index (κ1) is 15.3. The Morgan fingerprint density at radius 3 is 2.83 bits per heavy atom. The minimum absolute atomic E-state index is 0.0664. The molecule has 3 rings (SSSR count). The highest BCUT2D eigenvalue weighted by molar-refractivity contribution is 5.92. The van der Waals surface area contributed by atoms with Crippen LogP contribution in [0.1, 0.15) is 31.7 Å². The van der Waals surface area contributed by atoms with Gasteiger partial charge in [0.2, 0.25) is 5.91 Å². The van der Waals surface area contributed by atoms with Gasteiger partial charge >= 0.3 is 0 Å². The normalized spacial score (nSPS) is 10.9. The molecule has 0 radical (unpaired) electrons. The predicted octanol–water partition coefficient (Wildman–Crippen LogP) is 4.67. The summed E-state index contributed by atoms with van der Waals surface area (Å²) in [5.74, 6) is 0.881. The molecule has 0 unspecified atom stereocenters. The van der Waals surface area contributed by atoms with Crippen molar-refractivity contribution >= 4 is 22.6 Å². The molecular formula is C19H21N3O. The second-order valence-corrected chi connectivity index (χ2v) is 5.78. The summed E-state index contributed by atoms with van der Waals surface area (Å²) in [6.07, 6.45) is 2.49. The highest BCUT2D eigenvalue weighted by Gasteiger charge is 2.09. The summed E-state index contributed by atoms with van der Waals surface area (Å²) in [4.78, 5) is 19.9. The van der Waals surface area contributed by atoms with Gasteiger partial charge in [-0.25, -0.2) is 4.98 Å². The van der Waals surface area contributed by atoms with Gasteiger partial charge in [-0.1, -0.05) is 37.6 Å². The third-order valence-electron chi connectivity index (χ3n) is 3.93. The number of amides is 1. The second kappa shape index (κ2) is 6.65. The molecule has 0 aliphatic carbocycles. The highest BCUT2D eigenvalue weighted by atomic mass is 16.1. The van der Waals surface area contributed by atoms with Crippen LogP contribution in [0.25, 0.3) is 22.4 Å². The van der Waals surface area contributed by atoms with Gasteiger partial charge in [-0.3, -0.25) is 4.79 Å². The molecule has 0 aliphatic rings. The van der Waals surface area contributed by atoms with Gasteiger partial charge in [0.1, 0.15) is 5.82 Å². The van der Waals surface area contributed by atoms with Gasteiger partial charge in [0.25, 0.3) is 0 Å². The maximum atomic E-state index is 12.0. The zero-order chi connectivity index (χ0) is 16.2. The molecule has 1 heterocycles. The van der Waals surface area contributed by atoms with Crippen molar-refractivity contribution in [2.75, 3.05) is 5.32 Å². The standard InChI is InChI=1S/C19H21N3O/c1-3-4-9-18(23)20-17-12-14(11-10-13(17)2)19-21-15-7-5-6-8-16(15)22-19/h5-8,10-12H,3-4,9H2,1-2H3,(H,20,23)(H,21,22). The van der Waals surface area contributed by atoms with E-state index in [2.05, 4.69) is 22.2 Å². The Hall–Kier alpha value is -2.62. The quantitative estimate of drug-likeness (QED) is 0.720. The predicted molar refractivity (Wildman–Crippen MR) is 94.4 cm³/mol. The second-order valence-electron chi connectivity index (χ2n) is 5.78. The van der Waals surface area contributed by atoms with Crippen molar-refractivity contribution in [1.82, 2.24) is 9.97 Å². The molecule has 0 fully saturated rings. The van der Waals surface area contributed by atoms with E-state index in [-0.39, 0.29) is 5.91 Å². The van der Waals surface area contributed by atoms with Crippen LogP contribution in [0, 0.1) is 6.92 Å². The number of carbonyl (C=O) groups excluding carboxylic acids is 1. The van der Waals surface area contributed by atoms with E-state index in [0.29, 0.717) is 6.42 Å². The molecular weight excluding hydrogens is 286 g/mol. The van der Waals surface area contributed by atoms with E-state index in [1.54, 1.807) is 0 Å². The zero-order valence-electron chi connectivity index (χ0n) is 13.5. The lowest BCUT2D eigenvalue weighted by atomic mass is 10.1. The monoisotopic (exact) mass is 307 g/mol. The van der Waals surface area contributed by atoms with Gasteiger partial charge in [-0.05, 0) is 37.1 Å². The number of nitrogens with zero attached hydrogens (tertiary/aromatic N) is 1. The van der Waals surface area contributed by atoms with Crippen LogP contribution in [0.5, 0.6) is 0 Å². The summed E-state index contributed by atoms with van der Waals surface area (Å²) in [6.45, 7) is 4.08. The smallest absolute Gasteiger partial charge is 0.224 e. The highest BCUT2D eigenvalue weighted by Crippen LogP contribution is 2.25. The van der Waals surface area contributed by atoms with Crippen LogP contribution in [0.4, 0.5) is 5.69 Å². The van der Waals surface area contributed by atoms with Crippen LogP contribution in [-0.4, -0.2) is 15.9 Å². The number of H-pyrrole nitrogens is 1. The number of aryl methyl sites for hydroxylation is 1. The number of carbonyl (C=O) groups is 1. The maximum absolute atomic E-state index is 12.0. The zero-order valence-corrected chi connectivity index (χ0v) is 13.5. The number of rotatable bonds is 5. The summed E-state index contributed by atoms with van der Waals surface area (Å²) in [7, 11) is 0. The summed E-state index contributed by atoms with van der Waals surface area (Å²) in [6, 6.07) is 14.0. The van der Waals surface area contributed by atoms with Gasteiger partial charge in [0.15, 0.2) is 0 Å². The summed E-state index contributed by atoms with van der Waals surface area (Å²) in [5, 5.41) is 3.01. The minimum atomic E-state index is 0.0664. The number of anilines is 1. The number of aromatic amines is 1. The van der Waals surface area contributed by atoms with Crippen LogP contribution in [-0.2, 0) is 4.79 Å². The van der Waals surface area contributed by atoms with Crippen molar-refractivity contribution < 1.29 is 4.79 Å². The molecule has 4 nitrogen and oxygen atoms in total. The molecule has 118 valence electrons. The van der Waals surface area contributed by atoms with Gasteiger partial charge in [0, 0.05) is 17.7 Å².